The highest BCUT2D eigenvalue weighted by Crippen LogP contribution is 2.11. The zero-order chi connectivity index (χ0) is 17.6. The molecule has 0 radical (unpaired) electrons. The van der Waals surface area contributed by atoms with Crippen molar-refractivity contribution >= 4 is 11.8 Å². The second-order valence-corrected chi connectivity index (χ2v) is 6.40. The smallest absolute Gasteiger partial charge is 0.254 e. The fourth-order valence-electron chi connectivity index (χ4n) is 3.06. The summed E-state index contributed by atoms with van der Waals surface area (Å²) < 4.78 is 1.76. The summed E-state index contributed by atoms with van der Waals surface area (Å²) in [7, 11) is 0. The zero-order valence-electron chi connectivity index (χ0n) is 14.1. The minimum atomic E-state index is -0.312. The van der Waals surface area contributed by atoms with E-state index in [-0.39, 0.29) is 24.4 Å². The van der Waals surface area contributed by atoms with Gasteiger partial charge in [-0.15, -0.1) is 0 Å². The van der Waals surface area contributed by atoms with E-state index in [0.29, 0.717) is 12.1 Å². The molecule has 0 atom stereocenters. The Bertz CT molecular complexity index is 720. The molecule has 0 aliphatic carbocycles. The molecule has 1 fully saturated rings. The van der Waals surface area contributed by atoms with Crippen molar-refractivity contribution in [3.8, 4) is 0 Å². The van der Waals surface area contributed by atoms with E-state index < -0.39 is 0 Å². The first kappa shape index (κ1) is 17.2. The van der Waals surface area contributed by atoms with Crippen LogP contribution in [0.25, 0.3) is 0 Å². The van der Waals surface area contributed by atoms with E-state index in [1.165, 1.54) is 0 Å². The Labute approximate surface area is 146 Å². The average molecular weight is 341 g/mol. The number of hydrogen-bond donors (Lipinski definition) is 2. The lowest BCUT2D eigenvalue weighted by atomic mass is 10.0. The van der Waals surface area contributed by atoms with Crippen LogP contribution in [0.15, 0.2) is 42.7 Å². The van der Waals surface area contributed by atoms with E-state index in [4.69, 9.17) is 5.73 Å². The summed E-state index contributed by atoms with van der Waals surface area (Å²) in [4.78, 5) is 25.3. The van der Waals surface area contributed by atoms with Crippen molar-refractivity contribution in [1.29, 1.82) is 0 Å². The maximum absolute atomic E-state index is 12.4. The highest BCUT2D eigenvalue weighted by Gasteiger charge is 2.22. The topological polar surface area (TPSA) is 93.2 Å². The van der Waals surface area contributed by atoms with Gasteiger partial charge in [-0.05, 0) is 18.4 Å². The number of hydrogen-bond acceptors (Lipinski definition) is 4. The highest BCUT2D eigenvalue weighted by atomic mass is 16.2. The molecular weight excluding hydrogens is 318 g/mol. The molecule has 7 heteroatoms. The first-order chi connectivity index (χ1) is 12.1. The molecule has 3 rings (SSSR count). The van der Waals surface area contributed by atoms with E-state index in [2.05, 4.69) is 10.4 Å². The lowest BCUT2D eigenvalue weighted by Gasteiger charge is -2.31. The highest BCUT2D eigenvalue weighted by molar-refractivity contribution is 5.93. The molecule has 7 nitrogen and oxygen atoms in total. The first-order valence-corrected chi connectivity index (χ1v) is 8.48. The standard InChI is InChI=1S/C18H23N5O2/c19-17(24)13-22-8-6-16(7-9-22)21-18(25)15-10-20-23(12-15)11-14-4-2-1-3-5-14/h1-5,10,12,16H,6-9,11,13H2,(H2,19,24)(H,21,25). The van der Waals surface area contributed by atoms with Crippen LogP contribution in [0.2, 0.25) is 0 Å². The van der Waals surface area contributed by atoms with Gasteiger partial charge in [0.15, 0.2) is 0 Å². The van der Waals surface area contributed by atoms with Crippen molar-refractivity contribution in [3.05, 3.63) is 53.9 Å². The fraction of sp³-hybridized carbons (Fsp3) is 0.389. The summed E-state index contributed by atoms with van der Waals surface area (Å²) in [5.41, 5.74) is 6.92. The van der Waals surface area contributed by atoms with Gasteiger partial charge in [-0.1, -0.05) is 30.3 Å². The quantitative estimate of drug-likeness (QED) is 0.805. The van der Waals surface area contributed by atoms with Gasteiger partial charge in [0, 0.05) is 25.3 Å². The third-order valence-corrected chi connectivity index (χ3v) is 4.39. The number of nitrogens with two attached hydrogens (primary N) is 1. The Morgan fingerprint density at radius 3 is 2.60 bits per heavy atom. The molecule has 0 unspecified atom stereocenters. The Hall–Kier alpha value is -2.67. The number of primary amides is 1. The summed E-state index contributed by atoms with van der Waals surface area (Å²) in [5, 5.41) is 7.32. The summed E-state index contributed by atoms with van der Waals surface area (Å²) in [6.45, 7) is 2.45. The molecule has 3 N–H and O–H groups in total. The molecule has 1 aliphatic rings. The monoisotopic (exact) mass is 341 g/mol. The zero-order valence-corrected chi connectivity index (χ0v) is 14.1. The third kappa shape index (κ3) is 4.90. The largest absolute Gasteiger partial charge is 0.369 e. The van der Waals surface area contributed by atoms with E-state index in [1.807, 2.05) is 35.2 Å². The number of carbonyl (C=O) groups excluding carboxylic acids is 2. The van der Waals surface area contributed by atoms with Crippen LogP contribution < -0.4 is 11.1 Å². The van der Waals surface area contributed by atoms with Crippen LogP contribution in [0.3, 0.4) is 0 Å². The van der Waals surface area contributed by atoms with Gasteiger partial charge in [0.05, 0.1) is 24.8 Å². The van der Waals surface area contributed by atoms with E-state index in [1.54, 1.807) is 17.1 Å². The number of amides is 2. The van der Waals surface area contributed by atoms with Gasteiger partial charge in [0.1, 0.15) is 0 Å². The lowest BCUT2D eigenvalue weighted by molar-refractivity contribution is -0.119. The Balaban J connectivity index is 1.50. The number of benzene rings is 1. The Morgan fingerprint density at radius 1 is 1.20 bits per heavy atom. The van der Waals surface area contributed by atoms with E-state index in [0.717, 1.165) is 31.5 Å². The maximum atomic E-state index is 12.4. The number of carbonyl (C=O) groups is 2. The second-order valence-electron chi connectivity index (χ2n) is 6.40. The minimum absolute atomic E-state index is 0.104. The number of nitrogens with one attached hydrogen (secondary N) is 1. The van der Waals surface area contributed by atoms with Crippen molar-refractivity contribution in [3.63, 3.8) is 0 Å². The number of rotatable bonds is 6. The number of piperidine rings is 1. The molecule has 0 saturated carbocycles. The first-order valence-electron chi connectivity index (χ1n) is 8.48. The molecule has 1 saturated heterocycles. The molecule has 2 amide bonds. The van der Waals surface area contributed by atoms with Gasteiger partial charge >= 0.3 is 0 Å². The predicted molar refractivity (Wildman–Crippen MR) is 93.9 cm³/mol. The molecule has 1 aromatic heterocycles. The molecule has 2 heterocycles. The average Bonchev–Trinajstić information content (AvgIpc) is 3.06. The molecule has 25 heavy (non-hydrogen) atoms. The van der Waals surface area contributed by atoms with Crippen LogP contribution in [0, 0.1) is 0 Å². The number of likely N-dealkylation sites (tertiary alicyclic amines) is 1. The van der Waals surface area contributed by atoms with Crippen molar-refractivity contribution < 1.29 is 9.59 Å². The van der Waals surface area contributed by atoms with Gasteiger partial charge in [0.25, 0.3) is 5.91 Å². The second kappa shape index (κ2) is 7.94. The molecule has 0 spiro atoms. The fourth-order valence-corrected chi connectivity index (χ4v) is 3.06. The Kier molecular flexibility index (Phi) is 5.45. The van der Waals surface area contributed by atoms with Gasteiger partial charge in [-0.2, -0.15) is 5.10 Å². The molecule has 1 aliphatic heterocycles. The van der Waals surface area contributed by atoms with Crippen LogP contribution in [-0.2, 0) is 11.3 Å². The van der Waals surface area contributed by atoms with Gasteiger partial charge in [-0.3, -0.25) is 19.2 Å². The molecule has 2 aromatic rings. The molecule has 132 valence electrons. The third-order valence-electron chi connectivity index (χ3n) is 4.39. The van der Waals surface area contributed by atoms with Crippen molar-refractivity contribution in [1.82, 2.24) is 20.0 Å². The number of aromatic nitrogens is 2. The van der Waals surface area contributed by atoms with Crippen LogP contribution in [0.5, 0.6) is 0 Å². The minimum Gasteiger partial charge on any atom is -0.369 e. The van der Waals surface area contributed by atoms with Crippen LogP contribution in [0.1, 0.15) is 28.8 Å². The lowest BCUT2D eigenvalue weighted by Crippen LogP contribution is -2.46. The van der Waals surface area contributed by atoms with Gasteiger partial charge in [-0.25, -0.2) is 0 Å². The van der Waals surface area contributed by atoms with Gasteiger partial charge in [0.2, 0.25) is 5.91 Å². The van der Waals surface area contributed by atoms with E-state index >= 15 is 0 Å². The summed E-state index contributed by atoms with van der Waals surface area (Å²) >= 11 is 0. The normalized spacial score (nSPS) is 15.8. The summed E-state index contributed by atoms with van der Waals surface area (Å²) in [6, 6.07) is 10.1. The summed E-state index contributed by atoms with van der Waals surface area (Å²) in [6.07, 6.45) is 5.00. The van der Waals surface area contributed by atoms with Crippen molar-refractivity contribution in [2.45, 2.75) is 25.4 Å². The number of nitrogens with zero attached hydrogens (tertiary/aromatic N) is 3. The van der Waals surface area contributed by atoms with Crippen molar-refractivity contribution in [2.75, 3.05) is 19.6 Å². The van der Waals surface area contributed by atoms with Gasteiger partial charge < -0.3 is 11.1 Å². The molecular formula is C18H23N5O2. The SMILES string of the molecule is NC(=O)CN1CCC(NC(=O)c2cnn(Cc3ccccc3)c2)CC1. The van der Waals surface area contributed by atoms with Crippen LogP contribution in [-0.4, -0.2) is 52.2 Å². The maximum Gasteiger partial charge on any atom is 0.254 e. The Morgan fingerprint density at radius 2 is 1.92 bits per heavy atom. The summed E-state index contributed by atoms with van der Waals surface area (Å²) in [5.74, 6) is -0.416. The predicted octanol–water partition coefficient (Wildman–Crippen LogP) is 0.611. The molecule has 0 bridgehead atoms. The van der Waals surface area contributed by atoms with Crippen molar-refractivity contribution in [2.24, 2.45) is 5.73 Å². The van der Waals surface area contributed by atoms with Crippen LogP contribution >= 0.6 is 0 Å². The molecule has 1 aromatic carbocycles. The van der Waals surface area contributed by atoms with Crippen LogP contribution in [0.4, 0.5) is 0 Å². The van der Waals surface area contributed by atoms with E-state index in [9.17, 15) is 9.59 Å².